The SMILES string of the molecule is COc1cccc2c1OC1(NC2=O)C(=O)Nc2cc(Cl)ccc21. The normalized spacial score (nSPS) is 21.1. The van der Waals surface area contributed by atoms with Gasteiger partial charge in [-0.25, -0.2) is 0 Å². The zero-order valence-electron chi connectivity index (χ0n) is 12.0. The van der Waals surface area contributed by atoms with E-state index in [1.54, 1.807) is 36.4 Å². The van der Waals surface area contributed by atoms with E-state index in [1.807, 2.05) is 0 Å². The van der Waals surface area contributed by atoms with E-state index < -0.39 is 17.5 Å². The second-order valence-corrected chi connectivity index (χ2v) is 5.65. The van der Waals surface area contributed by atoms with Crippen LogP contribution in [0.5, 0.6) is 11.5 Å². The molecule has 7 heteroatoms. The maximum atomic E-state index is 12.5. The molecule has 0 radical (unpaired) electrons. The summed E-state index contributed by atoms with van der Waals surface area (Å²) in [5.41, 5.74) is -0.318. The van der Waals surface area contributed by atoms with Crippen molar-refractivity contribution in [3.63, 3.8) is 0 Å². The number of carbonyl (C=O) groups excluding carboxylic acids is 2. The Labute approximate surface area is 136 Å². The van der Waals surface area contributed by atoms with E-state index in [1.165, 1.54) is 7.11 Å². The summed E-state index contributed by atoms with van der Waals surface area (Å²) in [5.74, 6) is -0.286. The number of benzene rings is 2. The summed E-state index contributed by atoms with van der Waals surface area (Å²) in [6.07, 6.45) is 0. The van der Waals surface area contributed by atoms with E-state index in [4.69, 9.17) is 21.1 Å². The molecule has 116 valence electrons. The number of hydrogen-bond donors (Lipinski definition) is 2. The molecule has 0 aliphatic carbocycles. The fourth-order valence-electron chi connectivity index (χ4n) is 2.85. The number of fused-ring (bicyclic) bond motifs is 3. The van der Waals surface area contributed by atoms with Gasteiger partial charge in [0.05, 0.1) is 23.9 Å². The number of carbonyl (C=O) groups is 2. The van der Waals surface area contributed by atoms with Gasteiger partial charge in [-0.05, 0) is 30.3 Å². The van der Waals surface area contributed by atoms with E-state index in [-0.39, 0.29) is 5.75 Å². The highest BCUT2D eigenvalue weighted by Crippen LogP contribution is 2.45. The fourth-order valence-corrected chi connectivity index (χ4v) is 3.02. The van der Waals surface area contributed by atoms with Gasteiger partial charge in [-0.3, -0.25) is 9.59 Å². The number of anilines is 1. The maximum absolute atomic E-state index is 12.5. The van der Waals surface area contributed by atoms with Crippen LogP contribution < -0.4 is 20.1 Å². The van der Waals surface area contributed by atoms with Gasteiger partial charge in [-0.1, -0.05) is 17.7 Å². The molecule has 0 saturated heterocycles. The summed E-state index contributed by atoms with van der Waals surface area (Å²) in [7, 11) is 1.47. The van der Waals surface area contributed by atoms with E-state index in [2.05, 4.69) is 10.6 Å². The second kappa shape index (κ2) is 4.63. The molecule has 1 spiro atoms. The highest BCUT2D eigenvalue weighted by molar-refractivity contribution is 6.31. The third kappa shape index (κ3) is 1.82. The van der Waals surface area contributed by atoms with Crippen molar-refractivity contribution in [1.82, 2.24) is 5.32 Å². The minimum absolute atomic E-state index is 0.233. The van der Waals surface area contributed by atoms with Crippen LogP contribution in [0.2, 0.25) is 5.02 Å². The number of hydrogen-bond acceptors (Lipinski definition) is 4. The summed E-state index contributed by atoms with van der Waals surface area (Å²) in [6, 6.07) is 9.85. The van der Waals surface area contributed by atoms with E-state index >= 15 is 0 Å². The van der Waals surface area contributed by atoms with Gasteiger partial charge in [0.2, 0.25) is 0 Å². The molecular formula is C16H11ClN2O4. The molecule has 2 heterocycles. The van der Waals surface area contributed by atoms with Crippen molar-refractivity contribution in [2.75, 3.05) is 12.4 Å². The Balaban J connectivity index is 1.92. The van der Waals surface area contributed by atoms with Gasteiger partial charge in [0.15, 0.2) is 11.5 Å². The van der Waals surface area contributed by atoms with Crippen molar-refractivity contribution >= 4 is 29.1 Å². The summed E-state index contributed by atoms with van der Waals surface area (Å²) in [4.78, 5) is 25.0. The Morgan fingerprint density at radius 2 is 2.04 bits per heavy atom. The van der Waals surface area contributed by atoms with Gasteiger partial charge < -0.3 is 20.1 Å². The highest BCUT2D eigenvalue weighted by Gasteiger charge is 2.54. The van der Waals surface area contributed by atoms with Crippen molar-refractivity contribution in [3.8, 4) is 11.5 Å². The van der Waals surface area contributed by atoms with Crippen LogP contribution in [-0.4, -0.2) is 18.9 Å². The number of rotatable bonds is 1. The van der Waals surface area contributed by atoms with Crippen LogP contribution in [0, 0.1) is 0 Å². The molecule has 0 aromatic heterocycles. The van der Waals surface area contributed by atoms with Crippen molar-refractivity contribution in [1.29, 1.82) is 0 Å². The van der Waals surface area contributed by atoms with Crippen LogP contribution in [0.15, 0.2) is 36.4 Å². The topological polar surface area (TPSA) is 76.7 Å². The number of nitrogens with one attached hydrogen (secondary N) is 2. The lowest BCUT2D eigenvalue weighted by molar-refractivity contribution is -0.133. The van der Waals surface area contributed by atoms with Crippen LogP contribution in [0.4, 0.5) is 5.69 Å². The molecule has 2 aromatic carbocycles. The Hall–Kier alpha value is -2.73. The zero-order chi connectivity index (χ0) is 16.2. The predicted molar refractivity (Wildman–Crippen MR) is 82.8 cm³/mol. The minimum Gasteiger partial charge on any atom is -0.493 e. The first kappa shape index (κ1) is 13.9. The molecule has 0 bridgehead atoms. The van der Waals surface area contributed by atoms with E-state index in [0.717, 1.165) is 0 Å². The number of amides is 2. The van der Waals surface area contributed by atoms with E-state index in [9.17, 15) is 9.59 Å². The number of ether oxygens (including phenoxy) is 2. The fraction of sp³-hybridized carbons (Fsp3) is 0.125. The third-order valence-electron chi connectivity index (χ3n) is 3.92. The van der Waals surface area contributed by atoms with Gasteiger partial charge in [0, 0.05) is 5.02 Å². The third-order valence-corrected chi connectivity index (χ3v) is 4.15. The molecule has 23 heavy (non-hydrogen) atoms. The molecular weight excluding hydrogens is 320 g/mol. The Morgan fingerprint density at radius 1 is 1.22 bits per heavy atom. The van der Waals surface area contributed by atoms with Crippen LogP contribution in [0.1, 0.15) is 15.9 Å². The highest BCUT2D eigenvalue weighted by atomic mass is 35.5. The molecule has 2 aliphatic rings. The number of halogens is 1. The molecule has 0 saturated carbocycles. The van der Waals surface area contributed by atoms with Crippen molar-refractivity contribution in [3.05, 3.63) is 52.5 Å². The quantitative estimate of drug-likeness (QED) is 0.841. The van der Waals surface area contributed by atoms with Crippen LogP contribution >= 0.6 is 11.6 Å². The van der Waals surface area contributed by atoms with Crippen LogP contribution in [-0.2, 0) is 10.5 Å². The molecule has 2 aliphatic heterocycles. The van der Waals surface area contributed by atoms with E-state index in [0.29, 0.717) is 27.6 Å². The monoisotopic (exact) mass is 330 g/mol. The molecule has 2 N–H and O–H groups in total. The summed E-state index contributed by atoms with van der Waals surface area (Å²) < 4.78 is 11.2. The average Bonchev–Trinajstić information content (AvgIpc) is 2.78. The van der Waals surface area contributed by atoms with Crippen LogP contribution in [0.25, 0.3) is 0 Å². The van der Waals surface area contributed by atoms with Crippen molar-refractivity contribution < 1.29 is 19.1 Å². The Morgan fingerprint density at radius 3 is 2.83 bits per heavy atom. The molecule has 0 fully saturated rings. The van der Waals surface area contributed by atoms with Crippen molar-refractivity contribution in [2.45, 2.75) is 5.72 Å². The first-order chi connectivity index (χ1) is 11.0. The standard InChI is InChI=1S/C16H11ClN2O4/c1-22-12-4-2-3-9-13(12)23-16(19-14(9)20)10-6-5-8(17)7-11(10)18-15(16)21/h2-7H,1H3,(H,18,21)(H,19,20). The van der Waals surface area contributed by atoms with Gasteiger partial charge in [0.25, 0.3) is 17.5 Å². The van der Waals surface area contributed by atoms with Crippen LogP contribution in [0.3, 0.4) is 0 Å². The summed E-state index contributed by atoms with van der Waals surface area (Å²) in [6.45, 7) is 0. The number of methoxy groups -OCH3 is 1. The van der Waals surface area contributed by atoms with Crippen molar-refractivity contribution in [2.24, 2.45) is 0 Å². The van der Waals surface area contributed by atoms with Gasteiger partial charge in [-0.15, -0.1) is 0 Å². The second-order valence-electron chi connectivity index (χ2n) is 5.22. The molecule has 2 aromatic rings. The zero-order valence-corrected chi connectivity index (χ0v) is 12.7. The average molecular weight is 331 g/mol. The molecule has 6 nitrogen and oxygen atoms in total. The lowest BCUT2D eigenvalue weighted by atomic mass is 10.00. The van der Waals surface area contributed by atoms with Gasteiger partial charge in [-0.2, -0.15) is 0 Å². The smallest absolute Gasteiger partial charge is 0.295 e. The Kier molecular flexibility index (Phi) is 2.80. The van der Waals surface area contributed by atoms with Gasteiger partial charge >= 0.3 is 0 Å². The largest absolute Gasteiger partial charge is 0.493 e. The first-order valence-corrected chi connectivity index (χ1v) is 7.23. The summed E-state index contributed by atoms with van der Waals surface area (Å²) in [5, 5.41) is 5.81. The molecule has 1 atom stereocenters. The first-order valence-electron chi connectivity index (χ1n) is 6.85. The molecule has 1 unspecified atom stereocenters. The maximum Gasteiger partial charge on any atom is 0.295 e. The number of para-hydroxylation sites is 1. The minimum atomic E-state index is -1.63. The Bertz CT molecular complexity index is 867. The summed E-state index contributed by atoms with van der Waals surface area (Å²) >= 11 is 5.96. The van der Waals surface area contributed by atoms with Gasteiger partial charge in [0.1, 0.15) is 0 Å². The lowest BCUT2D eigenvalue weighted by Crippen LogP contribution is -2.57. The predicted octanol–water partition coefficient (Wildman–Crippen LogP) is 2.28. The molecule has 4 rings (SSSR count). The lowest BCUT2D eigenvalue weighted by Gasteiger charge is -2.34. The molecule has 2 amide bonds.